The Labute approximate surface area is 144 Å². The van der Waals surface area contributed by atoms with E-state index in [0.29, 0.717) is 0 Å². The summed E-state index contributed by atoms with van der Waals surface area (Å²) in [5, 5.41) is 19.7. The van der Waals surface area contributed by atoms with Gasteiger partial charge in [0.25, 0.3) is 5.91 Å². The second-order valence-electron chi connectivity index (χ2n) is 5.95. The van der Waals surface area contributed by atoms with Gasteiger partial charge in [0, 0.05) is 0 Å². The normalized spacial score (nSPS) is 18.4. The molecule has 2 atom stereocenters. The van der Waals surface area contributed by atoms with Crippen molar-refractivity contribution in [3.63, 3.8) is 0 Å². The first kappa shape index (κ1) is 16.7. The molecule has 0 radical (unpaired) electrons. The van der Waals surface area contributed by atoms with Gasteiger partial charge in [-0.1, -0.05) is 24.3 Å². The molecular weight excluding hydrogens is 320 g/mol. The van der Waals surface area contributed by atoms with Gasteiger partial charge in [0.2, 0.25) is 0 Å². The first-order chi connectivity index (χ1) is 11.8. The third-order valence-electron chi connectivity index (χ3n) is 3.64. The lowest BCUT2D eigenvalue weighted by atomic mass is 10.0. The molecular formula is C17H20N6O2. The molecule has 130 valence electrons. The molecule has 0 bridgehead atoms. The summed E-state index contributed by atoms with van der Waals surface area (Å²) in [6.45, 7) is 1.35. The summed E-state index contributed by atoms with van der Waals surface area (Å²) in [5.74, 6) is -2.42. The van der Waals surface area contributed by atoms with E-state index in [2.05, 4.69) is 21.8 Å². The third kappa shape index (κ3) is 3.87. The zero-order valence-corrected chi connectivity index (χ0v) is 13.7. The number of hydrogen-bond acceptors (Lipinski definition) is 6. The number of primary amides is 1. The van der Waals surface area contributed by atoms with Crippen LogP contribution in [0, 0.1) is 0 Å². The van der Waals surface area contributed by atoms with Crippen molar-refractivity contribution in [2.24, 2.45) is 11.5 Å². The van der Waals surface area contributed by atoms with E-state index in [4.69, 9.17) is 11.5 Å². The van der Waals surface area contributed by atoms with Crippen molar-refractivity contribution in [1.82, 2.24) is 15.1 Å². The molecule has 0 fully saturated rings. The molecule has 0 spiro atoms. The molecule has 1 amide bonds. The molecule has 1 aromatic carbocycles. The van der Waals surface area contributed by atoms with Gasteiger partial charge in [-0.3, -0.25) is 10.5 Å². The van der Waals surface area contributed by atoms with Gasteiger partial charge in [0.1, 0.15) is 0 Å². The van der Waals surface area contributed by atoms with Gasteiger partial charge in [-0.2, -0.15) is 5.10 Å². The lowest BCUT2D eigenvalue weighted by Gasteiger charge is -2.19. The van der Waals surface area contributed by atoms with E-state index < -0.39 is 11.8 Å². The fourth-order valence-electron chi connectivity index (χ4n) is 2.54. The highest BCUT2D eigenvalue weighted by Crippen LogP contribution is 2.22. The number of amides is 1. The van der Waals surface area contributed by atoms with Crippen LogP contribution in [0.1, 0.15) is 29.0 Å². The van der Waals surface area contributed by atoms with Crippen molar-refractivity contribution >= 4 is 11.6 Å². The quantitative estimate of drug-likeness (QED) is 0.510. The van der Waals surface area contributed by atoms with Crippen LogP contribution in [-0.4, -0.2) is 26.6 Å². The number of dihydropyridines is 1. The minimum absolute atomic E-state index is 0.00295. The number of allylic oxidation sites excluding steroid dienone is 2. The highest BCUT2D eigenvalue weighted by molar-refractivity contribution is 5.96. The first-order valence-electron chi connectivity index (χ1n) is 7.72. The minimum Gasteiger partial charge on any atom is -0.381 e. The average molecular weight is 340 g/mol. The Morgan fingerprint density at radius 2 is 2.08 bits per heavy atom. The summed E-state index contributed by atoms with van der Waals surface area (Å²) < 4.78 is 1.50. The predicted molar refractivity (Wildman–Crippen MR) is 94.7 cm³/mol. The second kappa shape index (κ2) is 6.42. The standard InChI is InChI=1S/C17H20N6O2/c1-17(19,25)21-14-10-23(22-15(14)16(18)24)12-7-5-11(6-8-12)13-4-2-3-9-20-13/h2-10,13,20-21,25H,19H2,1H3,(H2,18,24). The van der Waals surface area contributed by atoms with Crippen molar-refractivity contribution in [3.05, 3.63) is 66.1 Å². The van der Waals surface area contributed by atoms with E-state index in [0.717, 1.165) is 11.3 Å². The highest BCUT2D eigenvalue weighted by Gasteiger charge is 2.21. The number of aliphatic hydroxyl groups is 1. The number of nitrogens with one attached hydrogen (secondary N) is 2. The van der Waals surface area contributed by atoms with Crippen molar-refractivity contribution in [2.45, 2.75) is 18.8 Å². The van der Waals surface area contributed by atoms with Crippen LogP contribution in [-0.2, 0) is 0 Å². The number of carbonyl (C=O) groups excluding carboxylic acids is 1. The lowest BCUT2D eigenvalue weighted by Crippen LogP contribution is -2.44. The maximum atomic E-state index is 11.6. The fraction of sp³-hybridized carbons (Fsp3) is 0.176. The zero-order chi connectivity index (χ0) is 18.0. The molecule has 2 heterocycles. The number of hydrogen-bond donors (Lipinski definition) is 5. The Morgan fingerprint density at radius 3 is 2.64 bits per heavy atom. The van der Waals surface area contributed by atoms with E-state index >= 15 is 0 Å². The van der Waals surface area contributed by atoms with Crippen LogP contribution in [0.2, 0.25) is 0 Å². The summed E-state index contributed by atoms with van der Waals surface area (Å²) in [4.78, 5) is 11.6. The van der Waals surface area contributed by atoms with Crippen molar-refractivity contribution in [2.75, 3.05) is 5.32 Å². The van der Waals surface area contributed by atoms with Gasteiger partial charge in [-0.05, 0) is 36.9 Å². The predicted octanol–water partition coefficient (Wildman–Crippen LogP) is 0.722. The molecule has 3 rings (SSSR count). The van der Waals surface area contributed by atoms with Crippen LogP contribution in [0.25, 0.3) is 5.69 Å². The van der Waals surface area contributed by atoms with E-state index in [1.54, 1.807) is 6.20 Å². The number of rotatable bonds is 5. The Bertz CT molecular complexity index is 830. The zero-order valence-electron chi connectivity index (χ0n) is 13.7. The number of anilines is 1. The van der Waals surface area contributed by atoms with Crippen LogP contribution in [0.15, 0.2) is 54.9 Å². The van der Waals surface area contributed by atoms with E-state index in [1.807, 2.05) is 42.6 Å². The molecule has 7 N–H and O–H groups in total. The summed E-state index contributed by atoms with van der Waals surface area (Å²) in [7, 11) is 0. The fourth-order valence-corrected chi connectivity index (χ4v) is 2.54. The number of carbonyl (C=O) groups is 1. The molecule has 0 aliphatic carbocycles. The van der Waals surface area contributed by atoms with Gasteiger partial charge in [0.05, 0.1) is 23.6 Å². The van der Waals surface area contributed by atoms with Gasteiger partial charge >= 0.3 is 0 Å². The van der Waals surface area contributed by atoms with Crippen LogP contribution >= 0.6 is 0 Å². The second-order valence-corrected chi connectivity index (χ2v) is 5.95. The van der Waals surface area contributed by atoms with Gasteiger partial charge in [0.15, 0.2) is 11.5 Å². The maximum absolute atomic E-state index is 11.6. The molecule has 0 saturated heterocycles. The van der Waals surface area contributed by atoms with Crippen LogP contribution in [0.5, 0.6) is 0 Å². The molecule has 25 heavy (non-hydrogen) atoms. The lowest BCUT2D eigenvalue weighted by molar-refractivity contribution is 0.0968. The topological polar surface area (TPSA) is 131 Å². The molecule has 2 unspecified atom stereocenters. The van der Waals surface area contributed by atoms with E-state index in [1.165, 1.54) is 11.6 Å². The smallest absolute Gasteiger partial charge is 0.271 e. The summed E-state index contributed by atoms with van der Waals surface area (Å²) >= 11 is 0. The molecule has 1 aliphatic heterocycles. The van der Waals surface area contributed by atoms with Gasteiger partial charge < -0.3 is 21.5 Å². The summed E-state index contributed by atoms with van der Waals surface area (Å²) in [6, 6.07) is 7.81. The molecule has 8 nitrogen and oxygen atoms in total. The first-order valence-corrected chi connectivity index (χ1v) is 7.72. The largest absolute Gasteiger partial charge is 0.381 e. The van der Waals surface area contributed by atoms with E-state index in [-0.39, 0.29) is 17.4 Å². The average Bonchev–Trinajstić information content (AvgIpc) is 2.98. The van der Waals surface area contributed by atoms with Crippen LogP contribution < -0.4 is 22.1 Å². The van der Waals surface area contributed by atoms with Gasteiger partial charge in [-0.25, -0.2) is 4.68 Å². The highest BCUT2D eigenvalue weighted by atomic mass is 16.3. The van der Waals surface area contributed by atoms with Crippen LogP contribution in [0.4, 0.5) is 5.69 Å². The molecule has 8 heteroatoms. The molecule has 1 aliphatic rings. The van der Waals surface area contributed by atoms with E-state index in [9.17, 15) is 9.90 Å². The third-order valence-corrected chi connectivity index (χ3v) is 3.64. The van der Waals surface area contributed by atoms with Gasteiger partial charge in [-0.15, -0.1) is 0 Å². The van der Waals surface area contributed by atoms with Crippen molar-refractivity contribution in [1.29, 1.82) is 0 Å². The van der Waals surface area contributed by atoms with Crippen molar-refractivity contribution in [3.8, 4) is 5.69 Å². The maximum Gasteiger partial charge on any atom is 0.271 e. The number of aromatic nitrogens is 2. The summed E-state index contributed by atoms with van der Waals surface area (Å²) in [6.07, 6.45) is 9.42. The molecule has 1 aromatic heterocycles. The Kier molecular flexibility index (Phi) is 4.30. The Balaban J connectivity index is 1.88. The molecule has 2 aromatic rings. The number of nitrogens with zero attached hydrogens (tertiary/aromatic N) is 2. The summed E-state index contributed by atoms with van der Waals surface area (Å²) in [5.41, 5.74) is 13.0. The Hall–Kier alpha value is -3.10. The minimum atomic E-state index is -1.70. The number of nitrogens with two attached hydrogens (primary N) is 2. The SMILES string of the molecule is CC(N)(O)Nc1cn(-c2ccc(C3C=CC=CN3)cc2)nc1C(N)=O. The van der Waals surface area contributed by atoms with Crippen molar-refractivity contribution < 1.29 is 9.90 Å². The Morgan fingerprint density at radius 1 is 1.36 bits per heavy atom. The molecule has 0 saturated carbocycles. The van der Waals surface area contributed by atoms with Crippen LogP contribution in [0.3, 0.4) is 0 Å². The number of benzene rings is 1. The monoisotopic (exact) mass is 340 g/mol.